The van der Waals surface area contributed by atoms with Gasteiger partial charge in [-0.1, -0.05) is 36.4 Å². The van der Waals surface area contributed by atoms with Crippen LogP contribution in [0, 0.1) is 0 Å². The maximum atomic E-state index is 6.23. The van der Waals surface area contributed by atoms with Crippen LogP contribution in [-0.4, -0.2) is 23.3 Å². The van der Waals surface area contributed by atoms with E-state index in [1.807, 2.05) is 30.3 Å². The van der Waals surface area contributed by atoms with Crippen LogP contribution in [0.4, 0.5) is 0 Å². The van der Waals surface area contributed by atoms with Gasteiger partial charge in [0.25, 0.3) is 0 Å². The number of furan rings is 1. The zero-order chi connectivity index (χ0) is 18.1. The summed E-state index contributed by atoms with van der Waals surface area (Å²) < 4.78 is 18.6. The van der Waals surface area contributed by atoms with Crippen LogP contribution >= 0.6 is 0 Å². The van der Waals surface area contributed by atoms with Gasteiger partial charge in [0.15, 0.2) is 0 Å². The first kappa shape index (κ1) is 15.9. The van der Waals surface area contributed by atoms with Gasteiger partial charge < -0.3 is 13.7 Å². The number of benzene rings is 2. The Hall–Kier alpha value is -2.37. The van der Waals surface area contributed by atoms with Crippen molar-refractivity contribution in [3.8, 4) is 0 Å². The van der Waals surface area contributed by atoms with Crippen LogP contribution in [0.3, 0.4) is 0 Å². The molecule has 26 heavy (non-hydrogen) atoms. The van der Waals surface area contributed by atoms with E-state index in [0.717, 1.165) is 32.7 Å². The van der Waals surface area contributed by atoms with Crippen LogP contribution in [0.5, 0.6) is 0 Å². The summed E-state index contributed by atoms with van der Waals surface area (Å²) in [5.41, 5.74) is 2.48. The van der Waals surface area contributed by atoms with E-state index in [-0.39, 0.29) is 0 Å². The van der Waals surface area contributed by atoms with Crippen molar-refractivity contribution < 1.29 is 13.7 Å². The predicted octanol–water partition coefficient (Wildman–Crippen LogP) is 4.43. The molecular formula is C21H20BNO3. The molecule has 3 heterocycles. The third-order valence-electron chi connectivity index (χ3n) is 5.73. The van der Waals surface area contributed by atoms with Crippen molar-refractivity contribution in [3.63, 3.8) is 0 Å². The first-order valence-electron chi connectivity index (χ1n) is 8.92. The van der Waals surface area contributed by atoms with Crippen LogP contribution in [0.15, 0.2) is 52.9 Å². The highest BCUT2D eigenvalue weighted by molar-refractivity contribution is 6.65. The molecule has 2 aromatic heterocycles. The van der Waals surface area contributed by atoms with Crippen LogP contribution in [0.2, 0.25) is 0 Å². The summed E-state index contributed by atoms with van der Waals surface area (Å²) in [5, 5.41) is 3.14. The maximum Gasteiger partial charge on any atom is 0.498 e. The Bertz CT molecular complexity index is 1150. The lowest BCUT2D eigenvalue weighted by molar-refractivity contribution is 0.00578. The van der Waals surface area contributed by atoms with Gasteiger partial charge in [-0.3, -0.25) is 0 Å². The molecule has 4 aromatic rings. The molecule has 0 amide bonds. The Morgan fingerprint density at radius 3 is 2.35 bits per heavy atom. The van der Waals surface area contributed by atoms with Gasteiger partial charge in [0.1, 0.15) is 5.58 Å². The lowest BCUT2D eigenvalue weighted by Gasteiger charge is -2.32. The van der Waals surface area contributed by atoms with Gasteiger partial charge in [-0.2, -0.15) is 0 Å². The summed E-state index contributed by atoms with van der Waals surface area (Å²) in [6.45, 7) is 8.22. The van der Waals surface area contributed by atoms with E-state index >= 15 is 0 Å². The van der Waals surface area contributed by atoms with E-state index in [1.165, 1.54) is 0 Å². The van der Waals surface area contributed by atoms with Crippen molar-refractivity contribution in [2.24, 2.45) is 0 Å². The number of para-hydroxylation sites is 2. The summed E-state index contributed by atoms with van der Waals surface area (Å²) in [6.07, 6.45) is 0. The maximum absolute atomic E-state index is 6.23. The van der Waals surface area contributed by atoms with Gasteiger partial charge in [0.2, 0.25) is 5.71 Å². The van der Waals surface area contributed by atoms with Gasteiger partial charge >= 0.3 is 7.12 Å². The van der Waals surface area contributed by atoms with Crippen LogP contribution in [0.25, 0.3) is 33.0 Å². The summed E-state index contributed by atoms with van der Waals surface area (Å²) in [7, 11) is -0.460. The molecule has 1 saturated heterocycles. The second-order valence-corrected chi connectivity index (χ2v) is 7.95. The summed E-state index contributed by atoms with van der Waals surface area (Å²) in [6, 6.07) is 16.3. The number of hydrogen-bond acceptors (Lipinski definition) is 4. The van der Waals surface area contributed by atoms with Crippen molar-refractivity contribution in [2.75, 3.05) is 0 Å². The Balaban J connectivity index is 1.74. The second-order valence-electron chi connectivity index (χ2n) is 7.95. The van der Waals surface area contributed by atoms with Crippen LogP contribution in [-0.2, 0) is 9.31 Å². The Kier molecular flexibility index (Phi) is 3.10. The molecule has 0 N–H and O–H groups in total. The SMILES string of the molecule is CC1(C)OB(c2cccc3c2oc2nc4ccccc4cc23)OC1(C)C. The van der Waals surface area contributed by atoms with Gasteiger partial charge in [-0.05, 0) is 39.8 Å². The topological polar surface area (TPSA) is 44.5 Å². The summed E-state index contributed by atoms with van der Waals surface area (Å²) in [4.78, 5) is 4.69. The fourth-order valence-corrected chi connectivity index (χ4v) is 3.50. The Morgan fingerprint density at radius 2 is 1.58 bits per heavy atom. The standard InChI is InChI=1S/C21H20BNO3/c1-20(2)21(3,4)26-22(25-20)16-10-7-9-14-15-12-13-8-5-6-11-17(13)23-19(15)24-18(14)16/h5-12H,1-4H3. The molecule has 0 aliphatic carbocycles. The fraction of sp³-hybridized carbons (Fsp3) is 0.286. The van der Waals surface area contributed by atoms with E-state index in [2.05, 4.69) is 45.9 Å². The molecular weight excluding hydrogens is 325 g/mol. The zero-order valence-electron chi connectivity index (χ0n) is 15.4. The highest BCUT2D eigenvalue weighted by Crippen LogP contribution is 2.38. The smallest absolute Gasteiger partial charge is 0.438 e. The van der Waals surface area contributed by atoms with Gasteiger partial charge in [-0.25, -0.2) is 4.98 Å². The Morgan fingerprint density at radius 1 is 0.846 bits per heavy atom. The second kappa shape index (κ2) is 5.09. The summed E-state index contributed by atoms with van der Waals surface area (Å²) >= 11 is 0. The molecule has 0 radical (unpaired) electrons. The molecule has 0 spiro atoms. The lowest BCUT2D eigenvalue weighted by atomic mass is 9.78. The molecule has 4 nitrogen and oxygen atoms in total. The van der Waals surface area contributed by atoms with E-state index < -0.39 is 18.3 Å². The average Bonchev–Trinajstić information content (AvgIpc) is 3.06. The van der Waals surface area contributed by atoms with Crippen molar-refractivity contribution in [3.05, 3.63) is 48.5 Å². The number of pyridine rings is 1. The van der Waals surface area contributed by atoms with Gasteiger partial charge in [0, 0.05) is 21.6 Å². The fourth-order valence-electron chi connectivity index (χ4n) is 3.50. The molecule has 130 valence electrons. The van der Waals surface area contributed by atoms with E-state index in [4.69, 9.17) is 18.7 Å². The molecule has 2 aromatic carbocycles. The number of aromatic nitrogens is 1. The van der Waals surface area contributed by atoms with E-state index in [1.54, 1.807) is 0 Å². The van der Waals surface area contributed by atoms with Crippen molar-refractivity contribution in [1.29, 1.82) is 0 Å². The minimum absolute atomic E-state index is 0.390. The number of hydrogen-bond donors (Lipinski definition) is 0. The van der Waals surface area contributed by atoms with E-state index in [9.17, 15) is 0 Å². The number of fused-ring (bicyclic) bond motifs is 4. The van der Waals surface area contributed by atoms with Crippen molar-refractivity contribution in [1.82, 2.24) is 4.98 Å². The monoisotopic (exact) mass is 345 g/mol. The first-order valence-corrected chi connectivity index (χ1v) is 8.92. The highest BCUT2D eigenvalue weighted by Gasteiger charge is 2.52. The molecule has 0 unspecified atom stereocenters. The molecule has 0 saturated carbocycles. The van der Waals surface area contributed by atoms with Crippen LogP contribution in [0.1, 0.15) is 27.7 Å². The molecule has 1 aliphatic heterocycles. The quantitative estimate of drug-likeness (QED) is 0.479. The largest absolute Gasteiger partial charge is 0.498 e. The van der Waals surface area contributed by atoms with Crippen LogP contribution < -0.4 is 5.46 Å². The molecule has 1 fully saturated rings. The third-order valence-corrected chi connectivity index (χ3v) is 5.73. The zero-order valence-corrected chi connectivity index (χ0v) is 15.4. The number of rotatable bonds is 1. The normalized spacial score (nSPS) is 19.0. The molecule has 5 rings (SSSR count). The summed E-state index contributed by atoms with van der Waals surface area (Å²) in [5.74, 6) is 0. The molecule has 5 heteroatoms. The molecule has 0 atom stereocenters. The molecule has 1 aliphatic rings. The highest BCUT2D eigenvalue weighted by atomic mass is 16.7. The minimum Gasteiger partial charge on any atom is -0.438 e. The van der Waals surface area contributed by atoms with Crippen molar-refractivity contribution >= 4 is 45.6 Å². The van der Waals surface area contributed by atoms with Gasteiger partial charge in [-0.15, -0.1) is 0 Å². The van der Waals surface area contributed by atoms with Crippen molar-refractivity contribution in [2.45, 2.75) is 38.9 Å². The molecule has 0 bridgehead atoms. The minimum atomic E-state index is -0.460. The number of nitrogens with zero attached hydrogens (tertiary/aromatic N) is 1. The predicted molar refractivity (Wildman–Crippen MR) is 105 cm³/mol. The third kappa shape index (κ3) is 2.14. The van der Waals surface area contributed by atoms with E-state index in [0.29, 0.717) is 5.71 Å². The first-order chi connectivity index (χ1) is 12.4. The Labute approximate surface area is 152 Å². The lowest BCUT2D eigenvalue weighted by Crippen LogP contribution is -2.41. The average molecular weight is 345 g/mol. The van der Waals surface area contributed by atoms with Gasteiger partial charge in [0.05, 0.1) is 16.7 Å².